The number of aliphatic hydroxyl groups excluding tert-OH is 1. The van der Waals surface area contributed by atoms with Gasteiger partial charge in [0.05, 0.1) is 29.9 Å². The minimum atomic E-state index is -2.09. The van der Waals surface area contributed by atoms with E-state index >= 15 is 0 Å². The van der Waals surface area contributed by atoms with Crippen LogP contribution in [0, 0.1) is 0 Å². The lowest BCUT2D eigenvalue weighted by atomic mass is 10.7. The van der Waals surface area contributed by atoms with Gasteiger partial charge in [-0.1, -0.05) is 18.3 Å². The normalized spacial score (nSPS) is 12.4. The fourth-order valence-electron chi connectivity index (χ4n) is 1.72. The van der Waals surface area contributed by atoms with E-state index < -0.39 is 8.07 Å². The molecule has 0 aliphatic heterocycles. The van der Waals surface area contributed by atoms with Gasteiger partial charge in [0.25, 0.3) is 0 Å². The highest BCUT2D eigenvalue weighted by Crippen LogP contribution is 2.08. The number of furan rings is 2. The molecule has 0 radical (unpaired) electrons. The second-order valence-corrected chi connectivity index (χ2v) is 7.47. The van der Waals surface area contributed by atoms with Gasteiger partial charge in [-0.25, -0.2) is 0 Å². The molecule has 0 aliphatic carbocycles. The van der Waals surface area contributed by atoms with E-state index in [4.69, 9.17) is 13.9 Å². The monoisotopic (exact) mass is 234 g/mol. The highest BCUT2D eigenvalue weighted by Gasteiger charge is 2.35. The van der Waals surface area contributed by atoms with E-state index in [1.807, 2.05) is 30.0 Å². The minimum absolute atomic E-state index is 0.0318. The zero-order chi connectivity index (χ0) is 11.4. The van der Waals surface area contributed by atoms with Gasteiger partial charge in [-0.05, 0) is 24.3 Å². The highest BCUT2D eigenvalue weighted by molar-refractivity contribution is 7.03. The van der Waals surface area contributed by atoms with Crippen molar-refractivity contribution >= 4 is 18.8 Å². The van der Waals surface area contributed by atoms with Crippen LogP contribution in [-0.4, -0.2) is 19.8 Å². The van der Waals surface area contributed by atoms with Crippen LogP contribution in [0.1, 0.15) is 0 Å². The molecule has 0 saturated carbocycles. The first-order valence-electron chi connectivity index (χ1n) is 5.14. The largest absolute Gasteiger partial charge is 0.474 e. The Labute approximate surface area is 95.0 Å². The van der Waals surface area contributed by atoms with Crippen LogP contribution < -0.4 is 10.8 Å². The number of hydrogen-bond donors (Lipinski definition) is 1. The molecule has 3 nitrogen and oxygen atoms in total. The van der Waals surface area contributed by atoms with Gasteiger partial charge < -0.3 is 13.9 Å². The lowest BCUT2D eigenvalue weighted by Gasteiger charge is -2.17. The van der Waals surface area contributed by atoms with Gasteiger partial charge in [-0.15, -0.1) is 0 Å². The van der Waals surface area contributed by atoms with Crippen LogP contribution in [-0.2, 0) is 0 Å². The molecule has 0 fully saturated rings. The molecule has 2 aromatic heterocycles. The van der Waals surface area contributed by atoms with E-state index in [0.29, 0.717) is 0 Å². The number of rotatable bonds is 4. The fourth-order valence-corrected chi connectivity index (χ4v) is 4.38. The Morgan fingerprint density at radius 3 is 2.12 bits per heavy atom. The van der Waals surface area contributed by atoms with Gasteiger partial charge in [0.2, 0.25) is 8.07 Å². The van der Waals surface area contributed by atoms with Crippen molar-refractivity contribution < 1.29 is 13.9 Å². The molecule has 0 unspecified atom stereocenters. The topological polar surface area (TPSA) is 46.5 Å². The van der Waals surface area contributed by atoms with Crippen molar-refractivity contribution in [1.82, 2.24) is 0 Å². The van der Waals surface area contributed by atoms with E-state index in [1.165, 1.54) is 0 Å². The maximum absolute atomic E-state index is 8.90. The van der Waals surface area contributed by atoms with Crippen LogP contribution in [0.2, 0.25) is 6.55 Å². The maximum Gasteiger partial charge on any atom is 0.225 e. The second kappa shape index (κ2) is 4.55. The molecule has 4 heteroatoms. The van der Waals surface area contributed by atoms with E-state index in [9.17, 15) is 0 Å². The highest BCUT2D eigenvalue weighted by atomic mass is 28.3. The van der Waals surface area contributed by atoms with E-state index in [2.05, 4.69) is 6.55 Å². The number of aliphatic hydroxyl groups is 1. The number of hydrogen-bond acceptors (Lipinski definition) is 3. The van der Waals surface area contributed by atoms with Crippen molar-refractivity contribution in [3.8, 4) is 0 Å². The Kier molecular flexibility index (Phi) is 3.12. The van der Waals surface area contributed by atoms with Crippen LogP contribution >= 0.6 is 0 Å². The zero-order valence-electron chi connectivity index (χ0n) is 9.09. The summed E-state index contributed by atoms with van der Waals surface area (Å²) in [6.07, 6.45) is 5.07. The van der Waals surface area contributed by atoms with Gasteiger partial charge in [-0.2, -0.15) is 0 Å². The third-order valence-electron chi connectivity index (χ3n) is 2.62. The molecule has 0 spiro atoms. The molecule has 2 heterocycles. The predicted molar refractivity (Wildman–Crippen MR) is 64.5 cm³/mol. The quantitative estimate of drug-likeness (QED) is 0.807. The molecular weight excluding hydrogens is 220 g/mol. The SMILES string of the molecule is C[Si](C=CCO)(c1ccco1)c1ccco1. The van der Waals surface area contributed by atoms with Crippen molar-refractivity contribution in [3.05, 3.63) is 48.6 Å². The molecule has 0 bridgehead atoms. The molecule has 2 aromatic rings. The van der Waals surface area contributed by atoms with Gasteiger partial charge in [-0.3, -0.25) is 0 Å². The fraction of sp³-hybridized carbons (Fsp3) is 0.167. The standard InChI is InChI=1S/C12H14O3Si/c1-16(10-4-7-13,11-5-2-8-14-11)12-6-3-9-15-12/h2-6,8-10,13H,7H2,1H3. The third-order valence-corrected chi connectivity index (χ3v) is 6.14. The van der Waals surface area contributed by atoms with E-state index in [1.54, 1.807) is 18.6 Å². The summed E-state index contributed by atoms with van der Waals surface area (Å²) in [5, 5.41) is 10.7. The maximum atomic E-state index is 8.90. The average molecular weight is 234 g/mol. The molecular formula is C12H14O3Si. The van der Waals surface area contributed by atoms with Crippen molar-refractivity contribution in [3.63, 3.8) is 0 Å². The molecule has 1 N–H and O–H groups in total. The molecule has 2 rings (SSSR count). The summed E-state index contributed by atoms with van der Waals surface area (Å²) in [5.74, 6) is 0. The van der Waals surface area contributed by atoms with E-state index in [-0.39, 0.29) is 6.61 Å². The smallest absolute Gasteiger partial charge is 0.225 e. The zero-order valence-corrected chi connectivity index (χ0v) is 10.1. The summed E-state index contributed by atoms with van der Waals surface area (Å²) < 4.78 is 11.0. The van der Waals surface area contributed by atoms with Crippen LogP contribution in [0.4, 0.5) is 0 Å². The second-order valence-electron chi connectivity index (χ2n) is 3.74. The molecule has 0 saturated heterocycles. The van der Waals surface area contributed by atoms with Gasteiger partial charge in [0.1, 0.15) is 0 Å². The lowest BCUT2D eigenvalue weighted by Crippen LogP contribution is -2.53. The first-order valence-corrected chi connectivity index (χ1v) is 7.71. The molecule has 0 amide bonds. The summed E-state index contributed by atoms with van der Waals surface area (Å²) in [6.45, 7) is 2.15. The van der Waals surface area contributed by atoms with Gasteiger partial charge in [0, 0.05) is 0 Å². The summed E-state index contributed by atoms with van der Waals surface area (Å²) in [7, 11) is -2.09. The van der Waals surface area contributed by atoms with Crippen molar-refractivity contribution in [2.24, 2.45) is 0 Å². The Hall–Kier alpha value is -1.52. The van der Waals surface area contributed by atoms with Crippen LogP contribution in [0.3, 0.4) is 0 Å². The summed E-state index contributed by atoms with van der Waals surface area (Å²) >= 11 is 0. The summed E-state index contributed by atoms with van der Waals surface area (Å²) in [6, 6.07) is 7.65. The average Bonchev–Trinajstić information content (AvgIpc) is 2.96. The van der Waals surface area contributed by atoms with Crippen LogP contribution in [0.25, 0.3) is 0 Å². The molecule has 0 aromatic carbocycles. The first kappa shape index (κ1) is 11.0. The Morgan fingerprint density at radius 1 is 1.19 bits per heavy atom. The third kappa shape index (κ3) is 1.89. The first-order chi connectivity index (χ1) is 7.77. The van der Waals surface area contributed by atoms with E-state index in [0.717, 1.165) is 10.8 Å². The molecule has 16 heavy (non-hydrogen) atoms. The predicted octanol–water partition coefficient (Wildman–Crippen LogP) is 1.15. The summed E-state index contributed by atoms with van der Waals surface area (Å²) in [5.41, 5.74) is 2.02. The van der Waals surface area contributed by atoms with Crippen molar-refractivity contribution in [2.75, 3.05) is 6.61 Å². The lowest BCUT2D eigenvalue weighted by molar-refractivity contribution is 0.343. The van der Waals surface area contributed by atoms with Crippen molar-refractivity contribution in [1.29, 1.82) is 0 Å². The van der Waals surface area contributed by atoms with Crippen molar-refractivity contribution in [2.45, 2.75) is 6.55 Å². The molecule has 84 valence electrons. The minimum Gasteiger partial charge on any atom is -0.474 e. The Balaban J connectivity index is 2.45. The van der Waals surface area contributed by atoms with Crippen LogP contribution in [0.5, 0.6) is 0 Å². The van der Waals surface area contributed by atoms with Gasteiger partial charge in [0.15, 0.2) is 0 Å². The Bertz CT molecular complexity index is 408. The molecule has 0 aliphatic rings. The molecule has 0 atom stereocenters. The van der Waals surface area contributed by atoms with Crippen LogP contribution in [0.15, 0.2) is 57.4 Å². The summed E-state index contributed by atoms with van der Waals surface area (Å²) in [4.78, 5) is 0. The Morgan fingerprint density at radius 2 is 1.75 bits per heavy atom. The van der Waals surface area contributed by atoms with Gasteiger partial charge >= 0.3 is 0 Å².